The van der Waals surface area contributed by atoms with E-state index in [0.717, 1.165) is 23.5 Å². The molecule has 0 aliphatic carbocycles. The number of amides is 2. The Hall–Kier alpha value is -2.24. The summed E-state index contributed by atoms with van der Waals surface area (Å²) in [6.45, 7) is 2.95. The molecule has 1 aliphatic heterocycles. The molecule has 1 atom stereocenters. The van der Waals surface area contributed by atoms with Crippen LogP contribution in [0.5, 0.6) is 11.5 Å². The number of carbonyl (C=O) groups excluding carboxylic acids is 2. The van der Waals surface area contributed by atoms with Crippen LogP contribution in [0, 0.1) is 5.92 Å². The summed E-state index contributed by atoms with van der Waals surface area (Å²) in [5, 5.41) is 5.49. The zero-order chi connectivity index (χ0) is 15.9. The molecular formula is C16H22N2O4. The van der Waals surface area contributed by atoms with Gasteiger partial charge < -0.3 is 20.1 Å². The van der Waals surface area contributed by atoms with Crippen molar-refractivity contribution >= 4 is 11.8 Å². The summed E-state index contributed by atoms with van der Waals surface area (Å²) in [5.41, 5.74) is 1.13. The topological polar surface area (TPSA) is 76.7 Å². The monoisotopic (exact) mass is 306 g/mol. The molecule has 120 valence electrons. The number of carbonyl (C=O) groups is 2. The summed E-state index contributed by atoms with van der Waals surface area (Å²) in [4.78, 5) is 22.4. The van der Waals surface area contributed by atoms with Gasteiger partial charge in [-0.15, -0.1) is 0 Å². The van der Waals surface area contributed by atoms with Gasteiger partial charge in [0.25, 0.3) is 0 Å². The molecule has 2 N–H and O–H groups in total. The van der Waals surface area contributed by atoms with Gasteiger partial charge in [0, 0.05) is 38.4 Å². The minimum atomic E-state index is -0.125. The van der Waals surface area contributed by atoms with Crippen molar-refractivity contribution in [2.75, 3.05) is 26.8 Å². The molecule has 1 aromatic rings. The summed E-state index contributed by atoms with van der Waals surface area (Å²) in [6.07, 6.45) is 1.16. The minimum Gasteiger partial charge on any atom is -0.497 e. The predicted octanol–water partition coefficient (Wildman–Crippen LogP) is 0.889. The highest BCUT2D eigenvalue weighted by Gasteiger charge is 2.20. The lowest BCUT2D eigenvalue weighted by molar-refractivity contribution is -0.121. The summed E-state index contributed by atoms with van der Waals surface area (Å²) in [7, 11) is 1.63. The molecule has 2 rings (SSSR count). The van der Waals surface area contributed by atoms with Crippen LogP contribution in [-0.4, -0.2) is 38.6 Å². The van der Waals surface area contributed by atoms with E-state index in [1.165, 1.54) is 6.92 Å². The molecule has 1 aliphatic rings. The first-order chi connectivity index (χ1) is 10.6. The van der Waals surface area contributed by atoms with E-state index in [0.29, 0.717) is 26.1 Å². The number of benzene rings is 1. The summed E-state index contributed by atoms with van der Waals surface area (Å²) < 4.78 is 10.9. The second kappa shape index (κ2) is 7.68. The second-order valence-electron chi connectivity index (χ2n) is 5.39. The molecule has 0 radical (unpaired) electrons. The third-order valence-corrected chi connectivity index (χ3v) is 3.57. The normalized spacial score (nSPS) is 16.2. The first-order valence-electron chi connectivity index (χ1n) is 7.39. The number of hydrogen-bond acceptors (Lipinski definition) is 4. The highest BCUT2D eigenvalue weighted by atomic mass is 16.5. The standard InChI is InChI=1S/C16H22N2O4/c1-11(19)17-6-5-16(20)18-9-12-7-13-3-4-14(21-2)8-15(13)22-10-12/h3-4,8,12H,5-7,9-10H2,1-2H3,(H,17,19)(H,18,20). The van der Waals surface area contributed by atoms with Gasteiger partial charge >= 0.3 is 0 Å². The fourth-order valence-electron chi connectivity index (χ4n) is 2.37. The lowest BCUT2D eigenvalue weighted by atomic mass is 9.96. The van der Waals surface area contributed by atoms with Gasteiger partial charge in [0.15, 0.2) is 0 Å². The molecule has 1 unspecified atom stereocenters. The van der Waals surface area contributed by atoms with E-state index in [-0.39, 0.29) is 17.7 Å². The molecule has 0 fully saturated rings. The van der Waals surface area contributed by atoms with Crippen molar-refractivity contribution in [2.24, 2.45) is 5.92 Å². The van der Waals surface area contributed by atoms with Crippen LogP contribution in [0.3, 0.4) is 0 Å². The van der Waals surface area contributed by atoms with Crippen LogP contribution < -0.4 is 20.1 Å². The maximum atomic E-state index is 11.7. The van der Waals surface area contributed by atoms with Crippen molar-refractivity contribution < 1.29 is 19.1 Å². The molecule has 0 aromatic heterocycles. The Morgan fingerprint density at radius 3 is 2.91 bits per heavy atom. The van der Waals surface area contributed by atoms with Gasteiger partial charge in [-0.25, -0.2) is 0 Å². The fraction of sp³-hybridized carbons (Fsp3) is 0.500. The summed E-state index contributed by atoms with van der Waals surface area (Å²) in [5.74, 6) is 1.71. The van der Waals surface area contributed by atoms with E-state index in [1.54, 1.807) is 7.11 Å². The number of fused-ring (bicyclic) bond motifs is 1. The van der Waals surface area contributed by atoms with Crippen LogP contribution in [-0.2, 0) is 16.0 Å². The van der Waals surface area contributed by atoms with Gasteiger partial charge in [-0.2, -0.15) is 0 Å². The van der Waals surface area contributed by atoms with Crippen LogP contribution in [0.1, 0.15) is 18.9 Å². The Kier molecular flexibility index (Phi) is 5.63. The first-order valence-corrected chi connectivity index (χ1v) is 7.39. The van der Waals surface area contributed by atoms with Crippen LogP contribution in [0.25, 0.3) is 0 Å². The van der Waals surface area contributed by atoms with Gasteiger partial charge in [-0.1, -0.05) is 6.07 Å². The molecule has 6 heteroatoms. The van der Waals surface area contributed by atoms with Crippen molar-refractivity contribution in [3.8, 4) is 11.5 Å². The number of hydrogen-bond donors (Lipinski definition) is 2. The molecule has 6 nitrogen and oxygen atoms in total. The van der Waals surface area contributed by atoms with Crippen molar-refractivity contribution in [3.63, 3.8) is 0 Å². The minimum absolute atomic E-state index is 0.0609. The lowest BCUT2D eigenvalue weighted by Crippen LogP contribution is -2.36. The molecule has 1 heterocycles. The van der Waals surface area contributed by atoms with Crippen LogP contribution in [0.4, 0.5) is 0 Å². The van der Waals surface area contributed by atoms with E-state index in [9.17, 15) is 9.59 Å². The zero-order valence-electron chi connectivity index (χ0n) is 13.0. The quantitative estimate of drug-likeness (QED) is 0.818. The third-order valence-electron chi connectivity index (χ3n) is 3.57. The van der Waals surface area contributed by atoms with Crippen LogP contribution >= 0.6 is 0 Å². The number of ether oxygens (including phenoxy) is 2. The number of methoxy groups -OCH3 is 1. The Bertz CT molecular complexity index is 545. The van der Waals surface area contributed by atoms with Crippen LogP contribution in [0.2, 0.25) is 0 Å². The molecule has 0 bridgehead atoms. The highest BCUT2D eigenvalue weighted by Crippen LogP contribution is 2.30. The Morgan fingerprint density at radius 2 is 2.18 bits per heavy atom. The average Bonchev–Trinajstić information content (AvgIpc) is 2.51. The van der Waals surface area contributed by atoms with Gasteiger partial charge in [-0.3, -0.25) is 9.59 Å². The van der Waals surface area contributed by atoms with E-state index in [2.05, 4.69) is 10.6 Å². The molecule has 0 saturated heterocycles. The van der Waals surface area contributed by atoms with E-state index >= 15 is 0 Å². The molecule has 1 aromatic carbocycles. The average molecular weight is 306 g/mol. The zero-order valence-corrected chi connectivity index (χ0v) is 13.0. The van der Waals surface area contributed by atoms with E-state index in [4.69, 9.17) is 9.47 Å². The molecule has 0 spiro atoms. The Balaban J connectivity index is 1.76. The predicted molar refractivity (Wildman–Crippen MR) is 82.0 cm³/mol. The molecule has 2 amide bonds. The first kappa shape index (κ1) is 16.1. The largest absolute Gasteiger partial charge is 0.497 e. The SMILES string of the molecule is COc1ccc2c(c1)OCC(CNC(=O)CCNC(C)=O)C2. The van der Waals surface area contributed by atoms with Crippen molar-refractivity contribution in [1.29, 1.82) is 0 Å². The van der Waals surface area contributed by atoms with Gasteiger partial charge in [-0.05, 0) is 18.1 Å². The Labute approximate surface area is 130 Å². The fourth-order valence-corrected chi connectivity index (χ4v) is 2.37. The smallest absolute Gasteiger partial charge is 0.221 e. The lowest BCUT2D eigenvalue weighted by Gasteiger charge is -2.25. The van der Waals surface area contributed by atoms with Crippen LogP contribution in [0.15, 0.2) is 18.2 Å². The summed E-state index contributed by atoms with van der Waals surface area (Å²) in [6, 6.07) is 5.80. The summed E-state index contributed by atoms with van der Waals surface area (Å²) >= 11 is 0. The van der Waals surface area contributed by atoms with Gasteiger partial charge in [0.1, 0.15) is 11.5 Å². The number of rotatable bonds is 6. The number of nitrogens with one attached hydrogen (secondary N) is 2. The maximum absolute atomic E-state index is 11.7. The van der Waals surface area contributed by atoms with Crippen molar-refractivity contribution in [3.05, 3.63) is 23.8 Å². The van der Waals surface area contributed by atoms with Gasteiger partial charge in [0.05, 0.1) is 13.7 Å². The molecular weight excluding hydrogens is 284 g/mol. The van der Waals surface area contributed by atoms with E-state index in [1.807, 2.05) is 18.2 Å². The Morgan fingerprint density at radius 1 is 1.36 bits per heavy atom. The van der Waals surface area contributed by atoms with E-state index < -0.39 is 0 Å². The molecule has 22 heavy (non-hydrogen) atoms. The van der Waals surface area contributed by atoms with Crippen molar-refractivity contribution in [2.45, 2.75) is 19.8 Å². The molecule has 0 saturated carbocycles. The maximum Gasteiger partial charge on any atom is 0.221 e. The highest BCUT2D eigenvalue weighted by molar-refractivity contribution is 5.77. The van der Waals surface area contributed by atoms with Gasteiger partial charge in [0.2, 0.25) is 11.8 Å². The second-order valence-corrected chi connectivity index (χ2v) is 5.39. The third kappa shape index (κ3) is 4.65. The van der Waals surface area contributed by atoms with Crippen molar-refractivity contribution in [1.82, 2.24) is 10.6 Å².